The molecule has 0 spiro atoms. The van der Waals surface area contributed by atoms with Crippen LogP contribution in [0.5, 0.6) is 11.5 Å². The van der Waals surface area contributed by atoms with Crippen molar-refractivity contribution < 1.29 is 32.6 Å². The number of fused-ring (bicyclic) bond motifs is 1. The Morgan fingerprint density at radius 1 is 1.11 bits per heavy atom. The standard InChI is InChI=1S/C20H19F2NO5/c1-12(18(24)23-10-9-13-5-3-4-6-15(13)23)27-19(25)14-7-8-16(28-20(21)22)17(11-14)26-2/h3-8,11-12,20H,9-10H2,1-2H3. The lowest BCUT2D eigenvalue weighted by Gasteiger charge is -2.21. The van der Waals surface area contributed by atoms with Crippen LogP contribution >= 0.6 is 0 Å². The lowest BCUT2D eigenvalue weighted by Crippen LogP contribution is -2.39. The van der Waals surface area contributed by atoms with Crippen LogP contribution < -0.4 is 14.4 Å². The summed E-state index contributed by atoms with van der Waals surface area (Å²) in [6, 6.07) is 11.2. The van der Waals surface area contributed by atoms with Gasteiger partial charge in [-0.05, 0) is 43.2 Å². The summed E-state index contributed by atoms with van der Waals surface area (Å²) in [5, 5.41) is 0. The van der Waals surface area contributed by atoms with E-state index >= 15 is 0 Å². The highest BCUT2D eigenvalue weighted by molar-refractivity contribution is 6.00. The van der Waals surface area contributed by atoms with E-state index in [1.54, 1.807) is 4.90 Å². The second-order valence-electron chi connectivity index (χ2n) is 6.16. The van der Waals surface area contributed by atoms with Crippen molar-refractivity contribution in [1.29, 1.82) is 0 Å². The number of rotatable bonds is 6. The van der Waals surface area contributed by atoms with E-state index in [4.69, 9.17) is 9.47 Å². The number of hydrogen-bond donors (Lipinski definition) is 0. The van der Waals surface area contributed by atoms with E-state index in [9.17, 15) is 18.4 Å². The van der Waals surface area contributed by atoms with Gasteiger partial charge in [-0.3, -0.25) is 4.79 Å². The molecular weight excluding hydrogens is 372 g/mol. The Hall–Kier alpha value is -3.16. The van der Waals surface area contributed by atoms with Gasteiger partial charge >= 0.3 is 12.6 Å². The Labute approximate surface area is 160 Å². The molecule has 1 atom stereocenters. The molecule has 0 N–H and O–H groups in total. The van der Waals surface area contributed by atoms with Crippen molar-refractivity contribution in [2.24, 2.45) is 0 Å². The van der Waals surface area contributed by atoms with E-state index in [0.717, 1.165) is 17.7 Å². The van der Waals surface area contributed by atoms with Crippen molar-refractivity contribution >= 4 is 17.6 Å². The zero-order valence-electron chi connectivity index (χ0n) is 15.4. The molecule has 2 aromatic rings. The molecule has 148 valence electrons. The van der Waals surface area contributed by atoms with Gasteiger partial charge in [-0.25, -0.2) is 4.79 Å². The van der Waals surface area contributed by atoms with Gasteiger partial charge in [0.1, 0.15) is 0 Å². The lowest BCUT2D eigenvalue weighted by atomic mass is 10.2. The number of anilines is 1. The largest absolute Gasteiger partial charge is 0.493 e. The monoisotopic (exact) mass is 391 g/mol. The third-order valence-electron chi connectivity index (χ3n) is 4.40. The normalized spacial score (nSPS) is 13.8. The number of carbonyl (C=O) groups is 2. The average Bonchev–Trinajstić information content (AvgIpc) is 3.11. The molecule has 8 heteroatoms. The average molecular weight is 391 g/mol. The van der Waals surface area contributed by atoms with Gasteiger partial charge < -0.3 is 19.1 Å². The summed E-state index contributed by atoms with van der Waals surface area (Å²) in [6.45, 7) is -1.01. The highest BCUT2D eigenvalue weighted by Gasteiger charge is 2.30. The molecule has 1 aliphatic heterocycles. The number of amides is 1. The number of halogens is 2. The molecule has 0 aliphatic carbocycles. The summed E-state index contributed by atoms with van der Waals surface area (Å²) in [7, 11) is 1.26. The molecule has 0 radical (unpaired) electrons. The van der Waals surface area contributed by atoms with Crippen molar-refractivity contribution in [3.05, 3.63) is 53.6 Å². The number of alkyl halides is 2. The molecular formula is C20H19F2NO5. The lowest BCUT2D eigenvalue weighted by molar-refractivity contribution is -0.126. The maximum absolute atomic E-state index is 12.7. The molecule has 1 unspecified atom stereocenters. The highest BCUT2D eigenvalue weighted by Crippen LogP contribution is 2.30. The first kappa shape index (κ1) is 19.6. The predicted molar refractivity (Wildman–Crippen MR) is 97.0 cm³/mol. The fourth-order valence-corrected chi connectivity index (χ4v) is 3.05. The fraction of sp³-hybridized carbons (Fsp3) is 0.300. The van der Waals surface area contributed by atoms with Crippen LogP contribution in [-0.4, -0.2) is 38.2 Å². The number of methoxy groups -OCH3 is 1. The van der Waals surface area contributed by atoms with Gasteiger partial charge in [-0.15, -0.1) is 0 Å². The molecule has 0 aromatic heterocycles. The van der Waals surface area contributed by atoms with Crippen LogP contribution in [0.25, 0.3) is 0 Å². The van der Waals surface area contributed by atoms with E-state index in [1.807, 2.05) is 24.3 Å². The number of benzene rings is 2. The van der Waals surface area contributed by atoms with Crippen LogP contribution in [0.2, 0.25) is 0 Å². The van der Waals surface area contributed by atoms with Gasteiger partial charge in [-0.2, -0.15) is 8.78 Å². The quantitative estimate of drug-likeness (QED) is 0.706. The molecule has 2 aromatic carbocycles. The molecule has 3 rings (SSSR count). The van der Waals surface area contributed by atoms with Crippen molar-refractivity contribution in [2.45, 2.75) is 26.1 Å². The van der Waals surface area contributed by atoms with E-state index in [0.29, 0.717) is 6.54 Å². The first-order chi connectivity index (χ1) is 13.4. The van der Waals surface area contributed by atoms with E-state index in [-0.39, 0.29) is 23.0 Å². The second kappa shape index (κ2) is 8.24. The predicted octanol–water partition coefficient (Wildman–Crippen LogP) is 3.43. The summed E-state index contributed by atoms with van der Waals surface area (Å²) in [4.78, 5) is 26.7. The number of ether oxygens (including phenoxy) is 3. The smallest absolute Gasteiger partial charge is 0.387 e. The number of nitrogens with zero attached hydrogens (tertiary/aromatic N) is 1. The first-order valence-electron chi connectivity index (χ1n) is 8.64. The SMILES string of the molecule is COc1cc(C(=O)OC(C)C(=O)N2CCc3ccccc32)ccc1OC(F)F. The molecule has 1 amide bonds. The molecule has 0 bridgehead atoms. The number of para-hydroxylation sites is 1. The van der Waals surface area contributed by atoms with E-state index in [1.165, 1.54) is 32.2 Å². The van der Waals surface area contributed by atoms with Crippen molar-refractivity contribution in [3.8, 4) is 11.5 Å². The molecule has 6 nitrogen and oxygen atoms in total. The maximum Gasteiger partial charge on any atom is 0.387 e. The van der Waals surface area contributed by atoms with Gasteiger partial charge in [0.15, 0.2) is 17.6 Å². The van der Waals surface area contributed by atoms with Gasteiger partial charge in [0, 0.05) is 12.2 Å². The van der Waals surface area contributed by atoms with E-state index in [2.05, 4.69) is 4.74 Å². The minimum atomic E-state index is -3.02. The Bertz CT molecular complexity index is 887. The zero-order chi connectivity index (χ0) is 20.3. The fourth-order valence-electron chi connectivity index (χ4n) is 3.05. The maximum atomic E-state index is 12.7. The van der Waals surface area contributed by atoms with E-state index < -0.39 is 18.7 Å². The van der Waals surface area contributed by atoms with Crippen molar-refractivity contribution in [2.75, 3.05) is 18.6 Å². The van der Waals surface area contributed by atoms with Gasteiger partial charge in [0.25, 0.3) is 5.91 Å². The topological polar surface area (TPSA) is 65.1 Å². The number of esters is 1. The minimum Gasteiger partial charge on any atom is -0.493 e. The Kier molecular flexibility index (Phi) is 5.77. The summed E-state index contributed by atoms with van der Waals surface area (Å²) in [5.74, 6) is -1.34. The molecule has 1 heterocycles. The number of hydrogen-bond acceptors (Lipinski definition) is 5. The number of carbonyl (C=O) groups excluding carboxylic acids is 2. The van der Waals surface area contributed by atoms with Crippen LogP contribution in [-0.2, 0) is 16.0 Å². The van der Waals surface area contributed by atoms with Crippen LogP contribution in [0.3, 0.4) is 0 Å². The summed E-state index contributed by atoms with van der Waals surface area (Å²) in [5.41, 5.74) is 1.93. The van der Waals surface area contributed by atoms with Crippen molar-refractivity contribution in [3.63, 3.8) is 0 Å². The van der Waals surface area contributed by atoms with Crippen LogP contribution in [0.4, 0.5) is 14.5 Å². The zero-order valence-corrected chi connectivity index (χ0v) is 15.4. The third-order valence-corrected chi connectivity index (χ3v) is 4.40. The molecule has 28 heavy (non-hydrogen) atoms. The second-order valence-corrected chi connectivity index (χ2v) is 6.16. The summed E-state index contributed by atoms with van der Waals surface area (Å²) < 4.78 is 39.4. The van der Waals surface area contributed by atoms with Crippen LogP contribution in [0.1, 0.15) is 22.8 Å². The van der Waals surface area contributed by atoms with Crippen LogP contribution in [0, 0.1) is 0 Å². The van der Waals surface area contributed by atoms with Crippen molar-refractivity contribution in [1.82, 2.24) is 0 Å². The minimum absolute atomic E-state index is 0.0396. The Balaban J connectivity index is 1.70. The highest BCUT2D eigenvalue weighted by atomic mass is 19.3. The Morgan fingerprint density at radius 3 is 2.57 bits per heavy atom. The first-order valence-corrected chi connectivity index (χ1v) is 8.64. The molecule has 0 fully saturated rings. The van der Waals surface area contributed by atoms with Gasteiger partial charge in [-0.1, -0.05) is 18.2 Å². The molecule has 0 saturated heterocycles. The Morgan fingerprint density at radius 2 is 1.86 bits per heavy atom. The molecule has 1 aliphatic rings. The summed E-state index contributed by atoms with van der Waals surface area (Å²) >= 11 is 0. The van der Waals surface area contributed by atoms with Gasteiger partial charge in [0.05, 0.1) is 12.7 Å². The van der Waals surface area contributed by atoms with Gasteiger partial charge in [0.2, 0.25) is 0 Å². The third kappa shape index (κ3) is 4.05. The van der Waals surface area contributed by atoms with Crippen LogP contribution in [0.15, 0.2) is 42.5 Å². The summed E-state index contributed by atoms with van der Waals surface area (Å²) in [6.07, 6.45) is -0.271. The molecule has 0 saturated carbocycles.